The zero-order chi connectivity index (χ0) is 16.5. The number of nitrogens with zero attached hydrogens (tertiary/aromatic N) is 7. The van der Waals surface area contributed by atoms with Crippen molar-refractivity contribution < 1.29 is 0 Å². The average Bonchev–Trinajstić information content (AvgIpc) is 3.01. The van der Waals surface area contributed by atoms with Gasteiger partial charge in [-0.2, -0.15) is 5.10 Å². The Balaban J connectivity index is 1.51. The summed E-state index contributed by atoms with van der Waals surface area (Å²) in [6.45, 7) is 6.10. The third-order valence-electron chi connectivity index (χ3n) is 4.60. The second-order valence-corrected chi connectivity index (χ2v) is 6.36. The Kier molecular flexibility index (Phi) is 3.86. The van der Waals surface area contributed by atoms with Crippen LogP contribution in [-0.4, -0.2) is 55.3 Å². The summed E-state index contributed by atoms with van der Waals surface area (Å²) in [4.78, 5) is 18.0. The molecule has 1 atom stereocenters. The number of hydrogen-bond donors (Lipinski definition) is 0. The van der Waals surface area contributed by atoms with Crippen LogP contribution in [0.15, 0.2) is 37.1 Å². The maximum atomic E-state index is 4.52. The number of piperazine rings is 1. The molecule has 1 saturated heterocycles. The van der Waals surface area contributed by atoms with Crippen molar-refractivity contribution >= 4 is 16.9 Å². The molecular formula is C17H21N7. The summed E-state index contributed by atoms with van der Waals surface area (Å²) in [5, 5.41) is 5.28. The van der Waals surface area contributed by atoms with Gasteiger partial charge in [-0.05, 0) is 19.1 Å². The lowest BCUT2D eigenvalue weighted by Crippen LogP contribution is -2.51. The van der Waals surface area contributed by atoms with E-state index in [1.807, 2.05) is 30.1 Å². The van der Waals surface area contributed by atoms with Crippen molar-refractivity contribution in [3.8, 4) is 0 Å². The predicted molar refractivity (Wildman–Crippen MR) is 92.6 cm³/mol. The van der Waals surface area contributed by atoms with Crippen molar-refractivity contribution in [2.45, 2.75) is 19.5 Å². The highest BCUT2D eigenvalue weighted by atomic mass is 15.3. The molecule has 124 valence electrons. The molecule has 0 saturated carbocycles. The van der Waals surface area contributed by atoms with Gasteiger partial charge in [-0.25, -0.2) is 15.0 Å². The molecule has 1 fully saturated rings. The Hall–Kier alpha value is -2.54. The minimum absolute atomic E-state index is 0.445. The molecule has 4 heterocycles. The fourth-order valence-corrected chi connectivity index (χ4v) is 3.34. The molecule has 0 aliphatic carbocycles. The van der Waals surface area contributed by atoms with Crippen LogP contribution < -0.4 is 4.90 Å². The van der Waals surface area contributed by atoms with E-state index in [1.54, 1.807) is 12.5 Å². The molecule has 0 spiro atoms. The van der Waals surface area contributed by atoms with Crippen LogP contribution in [0.4, 0.5) is 5.82 Å². The maximum absolute atomic E-state index is 4.52. The quantitative estimate of drug-likeness (QED) is 0.727. The Morgan fingerprint density at radius 1 is 1.21 bits per heavy atom. The fraction of sp³-hybridized carbons (Fsp3) is 0.412. The van der Waals surface area contributed by atoms with Gasteiger partial charge in [-0.1, -0.05) is 0 Å². The van der Waals surface area contributed by atoms with Crippen molar-refractivity contribution in [3.05, 3.63) is 42.6 Å². The van der Waals surface area contributed by atoms with Crippen LogP contribution in [-0.2, 0) is 13.6 Å². The molecule has 0 N–H and O–H groups in total. The molecular weight excluding hydrogens is 302 g/mol. The molecule has 1 aliphatic rings. The summed E-state index contributed by atoms with van der Waals surface area (Å²) in [5.74, 6) is 0.987. The van der Waals surface area contributed by atoms with E-state index in [0.29, 0.717) is 6.04 Å². The minimum atomic E-state index is 0.445. The van der Waals surface area contributed by atoms with E-state index < -0.39 is 0 Å². The highest BCUT2D eigenvalue weighted by Gasteiger charge is 2.25. The first-order valence-electron chi connectivity index (χ1n) is 8.23. The fourth-order valence-electron chi connectivity index (χ4n) is 3.34. The van der Waals surface area contributed by atoms with Crippen molar-refractivity contribution in [1.29, 1.82) is 0 Å². The van der Waals surface area contributed by atoms with E-state index in [-0.39, 0.29) is 0 Å². The second kappa shape index (κ2) is 6.16. The molecule has 7 heteroatoms. The van der Waals surface area contributed by atoms with Crippen LogP contribution in [0.5, 0.6) is 0 Å². The number of pyridine rings is 1. The summed E-state index contributed by atoms with van der Waals surface area (Å²) < 4.78 is 1.86. The normalized spacial score (nSPS) is 19.1. The number of aromatic nitrogens is 5. The minimum Gasteiger partial charge on any atom is -0.353 e. The van der Waals surface area contributed by atoms with Gasteiger partial charge in [-0.3, -0.25) is 9.58 Å². The first-order valence-corrected chi connectivity index (χ1v) is 8.23. The largest absolute Gasteiger partial charge is 0.353 e. The van der Waals surface area contributed by atoms with Crippen molar-refractivity contribution in [2.75, 3.05) is 24.5 Å². The Morgan fingerprint density at radius 3 is 2.92 bits per heavy atom. The van der Waals surface area contributed by atoms with Crippen molar-refractivity contribution in [1.82, 2.24) is 29.6 Å². The standard InChI is InChI=1S/C17H21N7/c1-13-9-24(7-6-23(13)11-14-8-21-22(2)10-14)17-15-4-3-5-18-16(15)19-12-20-17/h3-5,8,10,12-13H,6-7,9,11H2,1-2H3. The molecule has 0 aromatic carbocycles. The van der Waals surface area contributed by atoms with Crippen LogP contribution >= 0.6 is 0 Å². The highest BCUT2D eigenvalue weighted by molar-refractivity contribution is 5.86. The predicted octanol–water partition coefficient (Wildman–Crippen LogP) is 1.47. The van der Waals surface area contributed by atoms with Crippen molar-refractivity contribution in [2.24, 2.45) is 7.05 Å². The summed E-state index contributed by atoms with van der Waals surface area (Å²) in [5.41, 5.74) is 2.02. The number of aryl methyl sites for hydroxylation is 1. The molecule has 1 aliphatic heterocycles. The van der Waals surface area contributed by atoms with Gasteiger partial charge in [0.1, 0.15) is 12.1 Å². The van der Waals surface area contributed by atoms with Gasteiger partial charge in [0.05, 0.1) is 11.6 Å². The van der Waals surface area contributed by atoms with Gasteiger partial charge >= 0.3 is 0 Å². The third kappa shape index (κ3) is 2.82. The van der Waals surface area contributed by atoms with E-state index in [1.165, 1.54) is 5.56 Å². The lowest BCUT2D eigenvalue weighted by molar-refractivity contribution is 0.180. The molecule has 3 aromatic heterocycles. The zero-order valence-electron chi connectivity index (χ0n) is 14.0. The molecule has 0 radical (unpaired) electrons. The molecule has 1 unspecified atom stereocenters. The molecule has 0 bridgehead atoms. The molecule has 4 rings (SSSR count). The van der Waals surface area contributed by atoms with E-state index in [4.69, 9.17) is 0 Å². The summed E-state index contributed by atoms with van der Waals surface area (Å²) >= 11 is 0. The Morgan fingerprint density at radius 2 is 2.12 bits per heavy atom. The lowest BCUT2D eigenvalue weighted by atomic mass is 10.1. The van der Waals surface area contributed by atoms with Crippen molar-refractivity contribution in [3.63, 3.8) is 0 Å². The van der Waals surface area contributed by atoms with E-state index in [2.05, 4.69) is 43.0 Å². The third-order valence-corrected chi connectivity index (χ3v) is 4.60. The van der Waals surface area contributed by atoms with Crippen LogP contribution in [0.3, 0.4) is 0 Å². The maximum Gasteiger partial charge on any atom is 0.164 e. The number of anilines is 1. The summed E-state index contributed by atoms with van der Waals surface area (Å²) in [6, 6.07) is 4.43. The number of rotatable bonds is 3. The zero-order valence-corrected chi connectivity index (χ0v) is 14.0. The second-order valence-electron chi connectivity index (χ2n) is 6.36. The topological polar surface area (TPSA) is 63.0 Å². The van der Waals surface area contributed by atoms with Crippen LogP contribution in [0, 0.1) is 0 Å². The lowest BCUT2D eigenvalue weighted by Gasteiger charge is -2.40. The van der Waals surface area contributed by atoms with Gasteiger partial charge < -0.3 is 4.90 Å². The summed E-state index contributed by atoms with van der Waals surface area (Å²) in [6.07, 6.45) is 7.41. The van der Waals surface area contributed by atoms with Gasteiger partial charge in [0.2, 0.25) is 0 Å². The number of hydrogen-bond acceptors (Lipinski definition) is 6. The van der Waals surface area contributed by atoms with Crippen LogP contribution in [0.1, 0.15) is 12.5 Å². The van der Waals surface area contributed by atoms with Gasteiger partial charge in [0.25, 0.3) is 0 Å². The number of fused-ring (bicyclic) bond motifs is 1. The molecule has 3 aromatic rings. The summed E-state index contributed by atoms with van der Waals surface area (Å²) in [7, 11) is 1.96. The average molecular weight is 323 g/mol. The first-order chi connectivity index (χ1) is 11.7. The van der Waals surface area contributed by atoms with E-state index in [9.17, 15) is 0 Å². The molecule has 0 amide bonds. The van der Waals surface area contributed by atoms with Gasteiger partial charge in [0, 0.05) is 57.2 Å². The first kappa shape index (κ1) is 15.0. The smallest absolute Gasteiger partial charge is 0.164 e. The van der Waals surface area contributed by atoms with Crippen LogP contribution in [0.2, 0.25) is 0 Å². The molecule has 7 nitrogen and oxygen atoms in total. The Labute approximate surface area is 141 Å². The Bertz CT molecular complexity index is 838. The van der Waals surface area contributed by atoms with E-state index in [0.717, 1.165) is 43.0 Å². The highest BCUT2D eigenvalue weighted by Crippen LogP contribution is 2.24. The van der Waals surface area contributed by atoms with Crippen LogP contribution in [0.25, 0.3) is 11.0 Å². The monoisotopic (exact) mass is 323 g/mol. The molecule has 24 heavy (non-hydrogen) atoms. The van der Waals surface area contributed by atoms with E-state index >= 15 is 0 Å². The SMILES string of the molecule is CC1CN(c2ncnc3ncccc23)CCN1Cc1cnn(C)c1. The van der Waals surface area contributed by atoms with Gasteiger partial charge in [0.15, 0.2) is 5.65 Å². The van der Waals surface area contributed by atoms with Gasteiger partial charge in [-0.15, -0.1) is 0 Å².